The lowest BCUT2D eigenvalue weighted by molar-refractivity contribution is -0.383. The highest BCUT2D eigenvalue weighted by Crippen LogP contribution is 2.35. The molecule has 35 heavy (non-hydrogen) atoms. The van der Waals surface area contributed by atoms with Crippen LogP contribution < -0.4 is 10.6 Å². The zero-order chi connectivity index (χ0) is 24.6. The third-order valence-corrected chi connectivity index (χ3v) is 5.21. The number of aromatic nitrogens is 2. The highest BCUT2D eigenvalue weighted by atomic mass is 16.6. The van der Waals surface area contributed by atoms with Crippen LogP contribution >= 0.6 is 0 Å². The molecule has 0 aliphatic carbocycles. The quantitative estimate of drug-likeness (QED) is 0.187. The van der Waals surface area contributed by atoms with Crippen molar-refractivity contribution in [2.45, 2.75) is 13.0 Å². The fourth-order valence-corrected chi connectivity index (χ4v) is 3.58. The van der Waals surface area contributed by atoms with E-state index in [-0.39, 0.29) is 30.0 Å². The van der Waals surface area contributed by atoms with E-state index < -0.39 is 10.9 Å². The van der Waals surface area contributed by atoms with Gasteiger partial charge in [0.25, 0.3) is 0 Å². The van der Waals surface area contributed by atoms with Gasteiger partial charge in [-0.3, -0.25) is 10.1 Å². The number of benzene rings is 3. The Kier molecular flexibility index (Phi) is 7.27. The highest BCUT2D eigenvalue weighted by molar-refractivity contribution is 5.90. The van der Waals surface area contributed by atoms with E-state index in [1.54, 1.807) is 31.2 Å². The van der Waals surface area contributed by atoms with Gasteiger partial charge in [0.1, 0.15) is 6.33 Å². The first-order valence-electron chi connectivity index (χ1n) is 11.0. The van der Waals surface area contributed by atoms with Crippen molar-refractivity contribution < 1.29 is 14.5 Å². The van der Waals surface area contributed by atoms with Gasteiger partial charge in [-0.15, -0.1) is 0 Å². The predicted molar refractivity (Wildman–Crippen MR) is 133 cm³/mol. The molecule has 0 saturated heterocycles. The summed E-state index contributed by atoms with van der Waals surface area (Å²) < 4.78 is 4.98. The van der Waals surface area contributed by atoms with Gasteiger partial charge < -0.3 is 15.4 Å². The van der Waals surface area contributed by atoms with Crippen LogP contribution in [0.25, 0.3) is 0 Å². The summed E-state index contributed by atoms with van der Waals surface area (Å²) in [6.45, 7) is 2.00. The van der Waals surface area contributed by atoms with Crippen LogP contribution in [0.15, 0.2) is 91.3 Å². The predicted octanol–water partition coefficient (Wildman–Crippen LogP) is 5.51. The number of rotatable bonds is 9. The molecule has 176 valence electrons. The number of hydrogen-bond acceptors (Lipinski definition) is 8. The van der Waals surface area contributed by atoms with Crippen molar-refractivity contribution in [3.05, 3.63) is 118 Å². The second-order valence-corrected chi connectivity index (χ2v) is 7.50. The van der Waals surface area contributed by atoms with Crippen molar-refractivity contribution in [3.63, 3.8) is 0 Å². The van der Waals surface area contributed by atoms with Gasteiger partial charge in [0, 0.05) is 5.69 Å². The Morgan fingerprint density at radius 2 is 1.49 bits per heavy atom. The maximum absolute atomic E-state index is 12.1. The average Bonchev–Trinajstić information content (AvgIpc) is 2.89. The van der Waals surface area contributed by atoms with Crippen LogP contribution in [0.2, 0.25) is 0 Å². The Morgan fingerprint density at radius 1 is 0.914 bits per heavy atom. The fraction of sp³-hybridized carbons (Fsp3) is 0.115. The number of anilines is 3. The van der Waals surface area contributed by atoms with Crippen LogP contribution in [-0.2, 0) is 4.74 Å². The summed E-state index contributed by atoms with van der Waals surface area (Å²) in [6, 6.07) is 25.3. The number of hydrogen-bond donors (Lipinski definition) is 2. The Labute approximate surface area is 202 Å². The van der Waals surface area contributed by atoms with Gasteiger partial charge in [0.15, 0.2) is 0 Å². The zero-order valence-corrected chi connectivity index (χ0v) is 18.9. The second-order valence-electron chi connectivity index (χ2n) is 7.50. The zero-order valence-electron chi connectivity index (χ0n) is 18.9. The third kappa shape index (κ3) is 5.59. The molecule has 3 aromatic carbocycles. The lowest BCUT2D eigenvalue weighted by atomic mass is 9.99. The number of esters is 1. The first-order valence-corrected chi connectivity index (χ1v) is 11.0. The lowest BCUT2D eigenvalue weighted by Crippen LogP contribution is -2.15. The minimum Gasteiger partial charge on any atom is -0.462 e. The summed E-state index contributed by atoms with van der Waals surface area (Å²) in [5.41, 5.74) is 2.46. The van der Waals surface area contributed by atoms with Crippen molar-refractivity contribution in [2.24, 2.45) is 0 Å². The van der Waals surface area contributed by atoms with Gasteiger partial charge in [-0.05, 0) is 42.3 Å². The molecule has 0 radical (unpaired) electrons. The first kappa shape index (κ1) is 23.4. The number of nitrogens with zero attached hydrogens (tertiary/aromatic N) is 3. The average molecular weight is 470 g/mol. The van der Waals surface area contributed by atoms with E-state index in [2.05, 4.69) is 20.6 Å². The molecule has 0 bridgehead atoms. The third-order valence-electron chi connectivity index (χ3n) is 5.21. The molecule has 9 nitrogen and oxygen atoms in total. The fourth-order valence-electron chi connectivity index (χ4n) is 3.58. The Balaban J connectivity index is 1.66. The molecule has 2 N–H and O–H groups in total. The molecular weight excluding hydrogens is 446 g/mol. The Morgan fingerprint density at radius 3 is 2.03 bits per heavy atom. The molecular formula is C26H23N5O4. The summed E-state index contributed by atoms with van der Waals surface area (Å²) >= 11 is 0. The number of carbonyl (C=O) groups excluding carboxylic acids is 1. The number of nitrogens with one attached hydrogen (secondary N) is 2. The number of ether oxygens (including phenoxy) is 1. The summed E-state index contributed by atoms with van der Waals surface area (Å²) in [5, 5.41) is 18.3. The molecule has 0 aliphatic rings. The van der Waals surface area contributed by atoms with Crippen molar-refractivity contribution in [1.82, 2.24) is 9.97 Å². The summed E-state index contributed by atoms with van der Waals surface area (Å²) in [6.07, 6.45) is 1.26. The molecule has 1 aromatic heterocycles. The standard InChI is InChI=1S/C26H23N5O4/c1-2-35-26(32)20-13-15-21(16-14-20)29-24-23(31(33)34)25(28-17-27-24)30-22(18-9-5-3-6-10-18)19-11-7-4-8-12-19/h3-17,22H,2H2,1H3,(H2,27,28,29,30). The lowest BCUT2D eigenvalue weighted by Gasteiger charge is -2.20. The maximum Gasteiger partial charge on any atom is 0.353 e. The van der Waals surface area contributed by atoms with Gasteiger partial charge in [0.2, 0.25) is 11.6 Å². The van der Waals surface area contributed by atoms with E-state index >= 15 is 0 Å². The van der Waals surface area contributed by atoms with Gasteiger partial charge in [-0.25, -0.2) is 14.8 Å². The van der Waals surface area contributed by atoms with Crippen LogP contribution in [0.1, 0.15) is 34.5 Å². The minimum atomic E-state index is -0.523. The van der Waals surface area contributed by atoms with Crippen molar-refractivity contribution in [2.75, 3.05) is 17.2 Å². The molecule has 0 spiro atoms. The normalized spacial score (nSPS) is 10.6. The molecule has 0 atom stereocenters. The van der Waals surface area contributed by atoms with E-state index in [4.69, 9.17) is 4.74 Å². The molecule has 0 unspecified atom stereocenters. The summed E-state index contributed by atoms with van der Waals surface area (Å²) in [5.74, 6) is -0.337. The molecule has 0 fully saturated rings. The van der Waals surface area contributed by atoms with Crippen LogP contribution in [0.3, 0.4) is 0 Å². The highest BCUT2D eigenvalue weighted by Gasteiger charge is 2.26. The van der Waals surface area contributed by atoms with Crippen molar-refractivity contribution in [3.8, 4) is 0 Å². The van der Waals surface area contributed by atoms with E-state index in [9.17, 15) is 14.9 Å². The number of carbonyl (C=O) groups is 1. The topological polar surface area (TPSA) is 119 Å². The van der Waals surface area contributed by atoms with E-state index in [0.717, 1.165) is 11.1 Å². The van der Waals surface area contributed by atoms with Gasteiger partial charge >= 0.3 is 11.7 Å². The molecule has 4 aromatic rings. The maximum atomic E-state index is 12.1. The summed E-state index contributed by atoms with van der Waals surface area (Å²) in [4.78, 5) is 31.7. The molecule has 0 saturated carbocycles. The Hall–Kier alpha value is -4.79. The molecule has 0 aliphatic heterocycles. The van der Waals surface area contributed by atoms with Gasteiger partial charge in [-0.2, -0.15) is 0 Å². The summed E-state index contributed by atoms with van der Waals surface area (Å²) in [7, 11) is 0. The van der Waals surface area contributed by atoms with Gasteiger partial charge in [-0.1, -0.05) is 60.7 Å². The van der Waals surface area contributed by atoms with Crippen molar-refractivity contribution in [1.29, 1.82) is 0 Å². The van der Waals surface area contributed by atoms with Gasteiger partial charge in [0.05, 0.1) is 23.1 Å². The Bertz CT molecular complexity index is 1260. The minimum absolute atomic E-state index is 0.0243. The van der Waals surface area contributed by atoms with E-state index in [1.165, 1.54) is 6.33 Å². The first-order chi connectivity index (χ1) is 17.1. The van der Waals surface area contributed by atoms with Crippen LogP contribution in [0.4, 0.5) is 23.0 Å². The number of nitro groups is 1. The second kappa shape index (κ2) is 10.9. The SMILES string of the molecule is CCOC(=O)c1ccc(Nc2ncnc(NC(c3ccccc3)c3ccccc3)c2[N+](=O)[O-])cc1. The molecule has 1 heterocycles. The monoisotopic (exact) mass is 469 g/mol. The van der Waals surface area contributed by atoms with E-state index in [1.807, 2.05) is 60.7 Å². The van der Waals surface area contributed by atoms with E-state index in [0.29, 0.717) is 11.3 Å². The largest absolute Gasteiger partial charge is 0.462 e. The van der Waals surface area contributed by atoms with Crippen LogP contribution in [-0.4, -0.2) is 27.5 Å². The van der Waals surface area contributed by atoms with Crippen LogP contribution in [0, 0.1) is 10.1 Å². The molecule has 0 amide bonds. The molecule has 9 heteroatoms. The van der Waals surface area contributed by atoms with Crippen LogP contribution in [0.5, 0.6) is 0 Å². The van der Waals surface area contributed by atoms with Crippen molar-refractivity contribution >= 4 is 29.0 Å². The smallest absolute Gasteiger partial charge is 0.353 e. The molecule has 4 rings (SSSR count).